The van der Waals surface area contributed by atoms with Crippen LogP contribution in [0.1, 0.15) is 134 Å². The van der Waals surface area contributed by atoms with E-state index in [1.165, 1.54) is 35.4 Å². The Hall–Kier alpha value is -6.14. The molecule has 8 heterocycles. The smallest absolute Gasteiger partial charge is 0.255 e. The molecule has 0 aromatic carbocycles. The van der Waals surface area contributed by atoms with E-state index in [1.54, 1.807) is 60.1 Å². The number of fused-ring (bicyclic) bond motifs is 2. The Bertz CT molecular complexity index is 3050. The van der Waals surface area contributed by atoms with Crippen LogP contribution in [-0.4, -0.2) is 105 Å². The number of hydrogen-bond acceptors (Lipinski definition) is 14. The van der Waals surface area contributed by atoms with Crippen LogP contribution in [0.4, 0.5) is 17.6 Å². The molecule has 0 radical (unpaired) electrons. The first-order valence-corrected chi connectivity index (χ1v) is 27.8. The molecule has 2 aliphatic heterocycles. The molecule has 2 spiro atoms. The predicted octanol–water partition coefficient (Wildman–Crippen LogP) is 8.20. The summed E-state index contributed by atoms with van der Waals surface area (Å²) in [6.45, 7) is 3.44. The van der Waals surface area contributed by atoms with Crippen molar-refractivity contribution in [1.29, 1.82) is 0 Å². The van der Waals surface area contributed by atoms with Gasteiger partial charge in [0.05, 0.1) is 34.9 Å². The highest BCUT2D eigenvalue weighted by Gasteiger charge is 2.51. The molecule has 6 aliphatic carbocycles. The van der Waals surface area contributed by atoms with Crippen LogP contribution in [0, 0.1) is 22.7 Å². The zero-order valence-electron chi connectivity index (χ0n) is 40.6. The highest BCUT2D eigenvalue weighted by atomic mass is 32.1. The molecule has 6 aromatic rings. The lowest BCUT2D eigenvalue weighted by atomic mass is 9.89. The Balaban J connectivity index is 0.000000140. The lowest BCUT2D eigenvalue weighted by Crippen LogP contribution is -2.33. The summed E-state index contributed by atoms with van der Waals surface area (Å²) in [5.41, 5.74) is 6.50. The molecule has 372 valence electrons. The van der Waals surface area contributed by atoms with Crippen molar-refractivity contribution in [1.82, 2.24) is 49.3 Å². The number of carbonyl (C=O) groups is 4. The SMILES string of the molecule is O=C(Cc1sc2c(c1C(=O)N1CCC3(CC3)C1)CC(Nc1nncn1-c1cccnc1)CC2)C1CC1.O=C(Cc1sc2c(c1C(=O)N1CCC3(CC3)C1)CC(n1cnnc1Nc1cccnc1)CC2)C1CC1. The minimum Gasteiger partial charge on any atom is -0.351 e. The Morgan fingerprint density at radius 3 is 1.81 bits per heavy atom. The van der Waals surface area contributed by atoms with Gasteiger partial charge in [-0.25, -0.2) is 0 Å². The molecule has 4 saturated carbocycles. The van der Waals surface area contributed by atoms with Crippen molar-refractivity contribution in [2.24, 2.45) is 22.7 Å². The molecule has 14 rings (SSSR count). The Morgan fingerprint density at radius 1 is 0.653 bits per heavy atom. The van der Waals surface area contributed by atoms with E-state index in [4.69, 9.17) is 0 Å². The summed E-state index contributed by atoms with van der Waals surface area (Å²) >= 11 is 3.42. The van der Waals surface area contributed by atoms with Crippen LogP contribution in [0.2, 0.25) is 0 Å². The molecular formula is C54H60N12O4S2. The zero-order chi connectivity index (χ0) is 48.6. The number of anilines is 3. The third-order valence-electron chi connectivity index (χ3n) is 16.9. The van der Waals surface area contributed by atoms with Gasteiger partial charge in [-0.3, -0.25) is 38.3 Å². The summed E-state index contributed by atoms with van der Waals surface area (Å²) < 4.78 is 3.99. The number of pyridine rings is 2. The average Bonchev–Trinajstić information content (AvgIpc) is 4.36. The number of aromatic nitrogens is 8. The van der Waals surface area contributed by atoms with Crippen molar-refractivity contribution in [2.75, 3.05) is 36.8 Å². The fraction of sp³-hybridized carbons (Fsp3) is 0.519. The summed E-state index contributed by atoms with van der Waals surface area (Å²) in [5.74, 6) is 2.68. The second kappa shape index (κ2) is 18.4. The van der Waals surface area contributed by atoms with Gasteiger partial charge < -0.3 is 20.4 Å². The second-order valence-electron chi connectivity index (χ2n) is 22.0. The van der Waals surface area contributed by atoms with Crippen LogP contribution in [0.5, 0.6) is 0 Å². The van der Waals surface area contributed by atoms with Gasteiger partial charge in [0.25, 0.3) is 11.8 Å². The Morgan fingerprint density at radius 2 is 1.24 bits per heavy atom. The molecule has 2 amide bonds. The van der Waals surface area contributed by atoms with E-state index in [9.17, 15) is 19.2 Å². The summed E-state index contributed by atoms with van der Waals surface area (Å²) in [6.07, 6.45) is 27.8. The molecular weight excluding hydrogens is 945 g/mol. The minimum atomic E-state index is 0.138. The molecule has 2 unspecified atom stereocenters. The van der Waals surface area contributed by atoms with Crippen LogP contribution >= 0.6 is 22.7 Å². The number of thiophene rings is 2. The van der Waals surface area contributed by atoms with E-state index < -0.39 is 0 Å². The molecule has 8 aliphatic rings. The van der Waals surface area contributed by atoms with Crippen molar-refractivity contribution >= 4 is 63.6 Å². The van der Waals surface area contributed by atoms with E-state index >= 15 is 0 Å². The lowest BCUT2D eigenvalue weighted by molar-refractivity contribution is -0.120. The van der Waals surface area contributed by atoms with Crippen LogP contribution in [0.15, 0.2) is 61.7 Å². The number of likely N-dealkylation sites (tertiary alicyclic amines) is 2. The van der Waals surface area contributed by atoms with E-state index in [0.29, 0.717) is 47.1 Å². The summed E-state index contributed by atoms with van der Waals surface area (Å²) in [7, 11) is 0. The molecule has 2 N–H and O–H groups in total. The predicted molar refractivity (Wildman–Crippen MR) is 273 cm³/mol. The fourth-order valence-electron chi connectivity index (χ4n) is 11.9. The van der Waals surface area contributed by atoms with Crippen molar-refractivity contribution < 1.29 is 19.2 Å². The Kier molecular flexibility index (Phi) is 11.7. The van der Waals surface area contributed by atoms with E-state index in [-0.39, 0.29) is 35.7 Å². The van der Waals surface area contributed by atoms with Gasteiger partial charge >= 0.3 is 0 Å². The maximum Gasteiger partial charge on any atom is 0.255 e. The van der Waals surface area contributed by atoms with Crippen molar-refractivity contribution in [3.8, 4) is 5.69 Å². The number of carbonyl (C=O) groups excluding carboxylic acids is 4. The standard InChI is InChI=1S/2C27H30N6O2S/c34-21(17-3-4-17)13-23-24(25(35)32-11-9-27(15-32)7-8-27)20-12-18(5-6-22(20)36-23)30-26-31-29-16-33(26)19-2-1-10-28-14-19;34-21(17-3-4-17)13-23-24(25(35)32-11-9-27(15-32)7-8-27)20-12-19(5-6-22(20)36-23)33-16-29-31-26(33)30-18-2-1-10-28-14-18/h1-2,10,14,16-18H,3-9,11-13,15H2,(H,30,31);1-2,10,14,16-17,19H,3-9,11-13,15H2,(H,30,31). The van der Waals surface area contributed by atoms with Crippen LogP contribution in [-0.2, 0) is 48.1 Å². The lowest BCUT2D eigenvalue weighted by Gasteiger charge is -2.26. The van der Waals surface area contributed by atoms with Gasteiger partial charge in [0, 0.05) is 94.8 Å². The topological polar surface area (TPSA) is 186 Å². The highest BCUT2D eigenvalue weighted by Crippen LogP contribution is 2.54. The van der Waals surface area contributed by atoms with E-state index in [2.05, 4.69) is 55.4 Å². The number of rotatable bonds is 14. The maximum atomic E-state index is 14.0. The molecule has 18 heteroatoms. The molecule has 2 atom stereocenters. The van der Waals surface area contributed by atoms with Gasteiger partial charge in [0.2, 0.25) is 11.9 Å². The third kappa shape index (κ3) is 9.17. The number of nitrogens with one attached hydrogen (secondary N) is 2. The number of aryl methyl sites for hydroxylation is 2. The van der Waals surface area contributed by atoms with Gasteiger partial charge in [-0.15, -0.1) is 43.1 Å². The number of hydrogen-bond donors (Lipinski definition) is 2. The summed E-state index contributed by atoms with van der Waals surface area (Å²) in [4.78, 5) is 70.6. The van der Waals surface area contributed by atoms with Gasteiger partial charge in [0.15, 0.2) is 0 Å². The molecule has 2 saturated heterocycles. The largest absolute Gasteiger partial charge is 0.351 e. The molecule has 0 bridgehead atoms. The van der Waals surface area contributed by atoms with E-state index in [1.807, 2.05) is 28.8 Å². The maximum absolute atomic E-state index is 14.0. The van der Waals surface area contributed by atoms with Crippen molar-refractivity contribution in [2.45, 2.75) is 128 Å². The minimum absolute atomic E-state index is 0.138. The van der Waals surface area contributed by atoms with Gasteiger partial charge in [-0.05, 0) is 149 Å². The number of Topliss-reactive ketones (excluding diaryl/α,β-unsaturated/α-hetero) is 2. The second-order valence-corrected chi connectivity index (χ2v) is 24.4. The fourth-order valence-corrected chi connectivity index (χ4v) is 14.6. The normalized spacial score (nSPS) is 22.0. The molecule has 72 heavy (non-hydrogen) atoms. The van der Waals surface area contributed by atoms with Crippen LogP contribution in [0.3, 0.4) is 0 Å². The average molecular weight is 1010 g/mol. The van der Waals surface area contributed by atoms with Gasteiger partial charge in [0.1, 0.15) is 24.2 Å². The molecule has 6 fully saturated rings. The zero-order valence-corrected chi connectivity index (χ0v) is 42.2. The Labute approximate surface area is 426 Å². The van der Waals surface area contributed by atoms with E-state index in [0.717, 1.165) is 147 Å². The highest BCUT2D eigenvalue weighted by molar-refractivity contribution is 7.13. The quantitative estimate of drug-likeness (QED) is 0.107. The number of amides is 2. The van der Waals surface area contributed by atoms with Crippen LogP contribution in [0.25, 0.3) is 5.69 Å². The first-order chi connectivity index (χ1) is 35.2. The molecule has 16 nitrogen and oxygen atoms in total. The van der Waals surface area contributed by atoms with Crippen molar-refractivity contribution in [3.05, 3.63) is 103 Å². The third-order valence-corrected chi connectivity index (χ3v) is 19.4. The van der Waals surface area contributed by atoms with Crippen molar-refractivity contribution in [3.63, 3.8) is 0 Å². The van der Waals surface area contributed by atoms with Gasteiger partial charge in [-0.1, -0.05) is 0 Å². The first-order valence-electron chi connectivity index (χ1n) is 26.2. The molecule has 6 aromatic heterocycles. The summed E-state index contributed by atoms with van der Waals surface area (Å²) in [5, 5.41) is 23.8. The van der Waals surface area contributed by atoms with Crippen LogP contribution < -0.4 is 10.6 Å². The van der Waals surface area contributed by atoms with Gasteiger partial charge in [-0.2, -0.15) is 0 Å². The number of nitrogens with zero attached hydrogens (tertiary/aromatic N) is 10. The first kappa shape index (κ1) is 45.7. The monoisotopic (exact) mass is 1000 g/mol. The summed E-state index contributed by atoms with van der Waals surface area (Å²) in [6, 6.07) is 7.98. The number of ketones is 2.